The lowest BCUT2D eigenvalue weighted by Crippen LogP contribution is -2.31. The summed E-state index contributed by atoms with van der Waals surface area (Å²) in [5.41, 5.74) is -0.745. The minimum absolute atomic E-state index is 0.0845. The molecule has 1 aliphatic rings. The van der Waals surface area contributed by atoms with Gasteiger partial charge in [-0.3, -0.25) is 0 Å². The Bertz CT molecular complexity index is 862. The van der Waals surface area contributed by atoms with E-state index in [-0.39, 0.29) is 23.0 Å². The van der Waals surface area contributed by atoms with Gasteiger partial charge in [0.2, 0.25) is 0 Å². The van der Waals surface area contributed by atoms with Gasteiger partial charge in [0.1, 0.15) is 11.9 Å². The molecule has 0 spiro atoms. The molecular weight excluding hydrogens is 391 g/mol. The van der Waals surface area contributed by atoms with Crippen LogP contribution < -0.4 is 10.1 Å². The van der Waals surface area contributed by atoms with Crippen LogP contribution in [-0.2, 0) is 16.0 Å². The van der Waals surface area contributed by atoms with Gasteiger partial charge < -0.3 is 10.1 Å². The maximum atomic E-state index is 12.7. The van der Waals surface area contributed by atoms with Crippen LogP contribution in [0.25, 0.3) is 0 Å². The average Bonchev–Trinajstić information content (AvgIpc) is 3.20. The van der Waals surface area contributed by atoms with Crippen molar-refractivity contribution in [3.8, 4) is 5.75 Å². The molecule has 0 radical (unpaired) electrons. The standard InChI is InChI=1S/C20H22F3NO3S/c21-20(22,23)16-6-8-17(9-7-16)27-19(15-10-12-24-14-15)11-13-28(25,26)18-4-2-1-3-5-18/h1-9,15,19,24H,10-14H2/t15-,19+/m0/s1. The Balaban J connectivity index is 1.71. The zero-order chi connectivity index (χ0) is 20.2. The van der Waals surface area contributed by atoms with Crippen molar-refractivity contribution in [1.29, 1.82) is 0 Å². The molecule has 152 valence electrons. The molecule has 4 nitrogen and oxygen atoms in total. The van der Waals surface area contributed by atoms with E-state index in [4.69, 9.17) is 4.74 Å². The van der Waals surface area contributed by atoms with Gasteiger partial charge in [-0.15, -0.1) is 0 Å². The van der Waals surface area contributed by atoms with Crippen molar-refractivity contribution < 1.29 is 26.3 Å². The van der Waals surface area contributed by atoms with Gasteiger partial charge in [0.05, 0.1) is 16.2 Å². The Morgan fingerprint density at radius 2 is 1.75 bits per heavy atom. The average molecular weight is 413 g/mol. The molecule has 0 aromatic heterocycles. The summed E-state index contributed by atoms with van der Waals surface area (Å²) in [6, 6.07) is 12.7. The van der Waals surface area contributed by atoms with Gasteiger partial charge in [-0.2, -0.15) is 13.2 Å². The second kappa shape index (κ2) is 8.53. The summed E-state index contributed by atoms with van der Waals surface area (Å²) < 4.78 is 69.2. The molecule has 2 aromatic rings. The Labute approximate surface area is 162 Å². The number of nitrogens with one attached hydrogen (secondary N) is 1. The van der Waals surface area contributed by atoms with E-state index in [0.29, 0.717) is 12.3 Å². The zero-order valence-corrected chi connectivity index (χ0v) is 16.0. The van der Waals surface area contributed by atoms with Crippen LogP contribution in [-0.4, -0.2) is 33.4 Å². The van der Waals surface area contributed by atoms with Gasteiger partial charge in [-0.25, -0.2) is 8.42 Å². The Kier molecular flexibility index (Phi) is 6.30. The van der Waals surface area contributed by atoms with Crippen molar-refractivity contribution in [3.05, 3.63) is 60.2 Å². The first-order chi connectivity index (χ1) is 13.3. The first kappa shape index (κ1) is 20.7. The van der Waals surface area contributed by atoms with E-state index in [1.165, 1.54) is 12.1 Å². The number of sulfone groups is 1. The van der Waals surface area contributed by atoms with E-state index < -0.39 is 27.7 Å². The molecular formula is C20H22F3NO3S. The molecule has 1 N–H and O–H groups in total. The largest absolute Gasteiger partial charge is 0.490 e. The lowest BCUT2D eigenvalue weighted by atomic mass is 9.99. The first-order valence-electron chi connectivity index (χ1n) is 9.08. The topological polar surface area (TPSA) is 55.4 Å². The summed E-state index contributed by atoms with van der Waals surface area (Å²) in [5, 5.41) is 3.22. The predicted octanol–water partition coefficient (Wildman–Crippen LogP) is 3.93. The van der Waals surface area contributed by atoms with Crippen LogP contribution in [0, 0.1) is 5.92 Å². The fourth-order valence-electron chi connectivity index (χ4n) is 3.30. The summed E-state index contributed by atoms with van der Waals surface area (Å²) in [6.45, 7) is 1.50. The third-order valence-corrected chi connectivity index (χ3v) is 6.63. The minimum atomic E-state index is -4.41. The normalized spacial score (nSPS) is 18.8. The van der Waals surface area contributed by atoms with Crippen LogP contribution in [0.15, 0.2) is 59.5 Å². The highest BCUT2D eigenvalue weighted by Gasteiger charge is 2.31. The molecule has 1 fully saturated rings. The van der Waals surface area contributed by atoms with Crippen LogP contribution in [0.3, 0.4) is 0 Å². The molecule has 0 saturated carbocycles. The van der Waals surface area contributed by atoms with Gasteiger partial charge in [0, 0.05) is 12.5 Å². The van der Waals surface area contributed by atoms with E-state index >= 15 is 0 Å². The fourth-order valence-corrected chi connectivity index (χ4v) is 4.65. The molecule has 0 amide bonds. The van der Waals surface area contributed by atoms with Crippen LogP contribution in [0.2, 0.25) is 0 Å². The smallest absolute Gasteiger partial charge is 0.416 e. The summed E-state index contributed by atoms with van der Waals surface area (Å²) >= 11 is 0. The van der Waals surface area contributed by atoms with Crippen molar-refractivity contribution >= 4 is 9.84 Å². The van der Waals surface area contributed by atoms with Crippen LogP contribution in [0.5, 0.6) is 5.75 Å². The maximum absolute atomic E-state index is 12.7. The van der Waals surface area contributed by atoms with E-state index in [0.717, 1.165) is 25.1 Å². The van der Waals surface area contributed by atoms with Crippen molar-refractivity contribution in [2.75, 3.05) is 18.8 Å². The quantitative estimate of drug-likeness (QED) is 0.748. The van der Waals surface area contributed by atoms with Crippen molar-refractivity contribution in [2.24, 2.45) is 5.92 Å². The summed E-state index contributed by atoms with van der Waals surface area (Å²) in [7, 11) is -3.45. The molecule has 28 heavy (non-hydrogen) atoms. The highest BCUT2D eigenvalue weighted by atomic mass is 32.2. The van der Waals surface area contributed by atoms with Crippen LogP contribution >= 0.6 is 0 Å². The molecule has 1 saturated heterocycles. The molecule has 2 atom stereocenters. The summed E-state index contributed by atoms with van der Waals surface area (Å²) in [6.07, 6.45) is -3.71. The minimum Gasteiger partial charge on any atom is -0.490 e. The first-order valence-corrected chi connectivity index (χ1v) is 10.7. The molecule has 1 aliphatic heterocycles. The molecule has 0 unspecified atom stereocenters. The van der Waals surface area contributed by atoms with E-state index in [1.54, 1.807) is 30.3 Å². The van der Waals surface area contributed by atoms with Gasteiger partial charge in [0.25, 0.3) is 0 Å². The molecule has 0 aliphatic carbocycles. The number of benzene rings is 2. The number of halogens is 3. The van der Waals surface area contributed by atoms with Gasteiger partial charge >= 0.3 is 6.18 Å². The predicted molar refractivity (Wildman–Crippen MR) is 99.9 cm³/mol. The monoisotopic (exact) mass is 413 g/mol. The number of hydrogen-bond donors (Lipinski definition) is 1. The molecule has 2 aromatic carbocycles. The van der Waals surface area contributed by atoms with Crippen LogP contribution in [0.4, 0.5) is 13.2 Å². The van der Waals surface area contributed by atoms with Gasteiger partial charge in [-0.05, 0) is 55.8 Å². The number of hydrogen-bond acceptors (Lipinski definition) is 4. The zero-order valence-electron chi connectivity index (χ0n) is 15.2. The second-order valence-electron chi connectivity index (χ2n) is 6.85. The van der Waals surface area contributed by atoms with E-state index in [1.807, 2.05) is 0 Å². The molecule has 8 heteroatoms. The number of ether oxygens (including phenoxy) is 1. The third-order valence-electron chi connectivity index (χ3n) is 4.87. The molecule has 3 rings (SSSR count). The molecule has 1 heterocycles. The molecule has 0 bridgehead atoms. The van der Waals surface area contributed by atoms with E-state index in [2.05, 4.69) is 5.32 Å². The van der Waals surface area contributed by atoms with Crippen molar-refractivity contribution in [2.45, 2.75) is 30.0 Å². The summed E-state index contributed by atoms with van der Waals surface area (Å²) in [5.74, 6) is 0.328. The van der Waals surface area contributed by atoms with Gasteiger partial charge in [0.15, 0.2) is 9.84 Å². The Hall–Kier alpha value is -2.06. The number of rotatable bonds is 7. The third kappa shape index (κ3) is 5.26. The Morgan fingerprint density at radius 1 is 1.07 bits per heavy atom. The maximum Gasteiger partial charge on any atom is 0.416 e. The van der Waals surface area contributed by atoms with Crippen molar-refractivity contribution in [3.63, 3.8) is 0 Å². The summed E-state index contributed by atoms with van der Waals surface area (Å²) in [4.78, 5) is 0.257. The lowest BCUT2D eigenvalue weighted by Gasteiger charge is -2.24. The van der Waals surface area contributed by atoms with Gasteiger partial charge in [-0.1, -0.05) is 18.2 Å². The van der Waals surface area contributed by atoms with E-state index in [9.17, 15) is 21.6 Å². The van der Waals surface area contributed by atoms with Crippen molar-refractivity contribution in [1.82, 2.24) is 5.32 Å². The second-order valence-corrected chi connectivity index (χ2v) is 8.96. The van der Waals surface area contributed by atoms with Crippen LogP contribution in [0.1, 0.15) is 18.4 Å². The Morgan fingerprint density at radius 3 is 2.32 bits per heavy atom. The fraction of sp³-hybridized carbons (Fsp3) is 0.400. The lowest BCUT2D eigenvalue weighted by molar-refractivity contribution is -0.137. The number of alkyl halides is 3. The highest BCUT2D eigenvalue weighted by molar-refractivity contribution is 7.91. The highest BCUT2D eigenvalue weighted by Crippen LogP contribution is 2.31. The SMILES string of the molecule is O=S(=O)(CC[C@@H](Oc1ccc(C(F)(F)F)cc1)[C@H]1CCNC1)c1ccccc1.